The Labute approximate surface area is 208 Å². The molecule has 5 rings (SSSR count). The van der Waals surface area contributed by atoms with Gasteiger partial charge in [-0.05, 0) is 74.3 Å². The number of fused-ring (bicyclic) bond motifs is 1. The second-order valence-corrected chi connectivity index (χ2v) is 10.5. The lowest BCUT2D eigenvalue weighted by molar-refractivity contribution is -0.137. The van der Waals surface area contributed by atoms with Gasteiger partial charge in [0.1, 0.15) is 11.6 Å². The maximum Gasteiger partial charge on any atom is 0.416 e. The van der Waals surface area contributed by atoms with E-state index >= 15 is 0 Å². The fourth-order valence-electron chi connectivity index (χ4n) is 5.54. The van der Waals surface area contributed by atoms with Crippen molar-refractivity contribution < 1.29 is 17.6 Å². The molecule has 0 bridgehead atoms. The van der Waals surface area contributed by atoms with Crippen molar-refractivity contribution in [1.82, 2.24) is 15.3 Å². The van der Waals surface area contributed by atoms with E-state index in [2.05, 4.69) is 10.6 Å². The van der Waals surface area contributed by atoms with E-state index in [9.17, 15) is 17.6 Å². The maximum atomic E-state index is 14.5. The van der Waals surface area contributed by atoms with Crippen LogP contribution in [-0.4, -0.2) is 36.1 Å². The summed E-state index contributed by atoms with van der Waals surface area (Å²) in [4.78, 5) is 11.4. The number of hydrogen-bond acceptors (Lipinski definition) is 5. The van der Waals surface area contributed by atoms with E-state index in [1.54, 1.807) is 0 Å². The zero-order chi connectivity index (χ0) is 25.7. The van der Waals surface area contributed by atoms with E-state index in [0.717, 1.165) is 61.0 Å². The van der Waals surface area contributed by atoms with E-state index in [1.165, 1.54) is 6.92 Å². The molecule has 3 aromatic rings. The standard InChI is InChI=1S/C27H31F4N5/c1-16-12-18(27(29,30)31)13-17(23(16)28)15-32-22-14-26(22)10-8-19(9-11-26)33-25-34-21-7-5-4-6-20(21)24(35-25)36(2)3/h4-7,12-13,19,22,32H,8-11,14-15H2,1-3H3,(H,33,34,35)/t19?,22-,26?/m1/s1. The maximum absolute atomic E-state index is 14.5. The van der Waals surface area contributed by atoms with Crippen LogP contribution < -0.4 is 15.5 Å². The first-order valence-electron chi connectivity index (χ1n) is 12.4. The largest absolute Gasteiger partial charge is 0.416 e. The van der Waals surface area contributed by atoms with Crippen molar-refractivity contribution in [1.29, 1.82) is 0 Å². The van der Waals surface area contributed by atoms with Crippen LogP contribution in [0.15, 0.2) is 36.4 Å². The van der Waals surface area contributed by atoms with Crippen LogP contribution in [0.2, 0.25) is 0 Å². The number of alkyl halides is 3. The fraction of sp³-hybridized carbons (Fsp3) is 0.481. The summed E-state index contributed by atoms with van der Waals surface area (Å²) in [7, 11) is 3.94. The van der Waals surface area contributed by atoms with Gasteiger partial charge in [-0.25, -0.2) is 9.37 Å². The van der Waals surface area contributed by atoms with Gasteiger partial charge in [-0.1, -0.05) is 12.1 Å². The van der Waals surface area contributed by atoms with E-state index in [0.29, 0.717) is 5.95 Å². The fourth-order valence-corrected chi connectivity index (χ4v) is 5.54. The van der Waals surface area contributed by atoms with Crippen molar-refractivity contribution in [2.75, 3.05) is 24.3 Å². The minimum atomic E-state index is -4.48. The predicted octanol–water partition coefficient (Wildman–Crippen LogP) is 6.07. The van der Waals surface area contributed by atoms with Crippen molar-refractivity contribution in [3.05, 3.63) is 58.9 Å². The van der Waals surface area contributed by atoms with Gasteiger partial charge in [0.05, 0.1) is 11.1 Å². The first-order chi connectivity index (χ1) is 17.1. The Morgan fingerprint density at radius 1 is 1.08 bits per heavy atom. The molecular formula is C27H31F4N5. The number of rotatable bonds is 6. The molecule has 2 N–H and O–H groups in total. The molecule has 192 valence electrons. The van der Waals surface area contributed by atoms with Crippen molar-refractivity contribution in [3.63, 3.8) is 0 Å². The number of nitrogens with zero attached hydrogens (tertiary/aromatic N) is 3. The third-order valence-corrected chi connectivity index (χ3v) is 7.71. The van der Waals surface area contributed by atoms with Gasteiger partial charge in [-0.15, -0.1) is 0 Å². The number of aryl methyl sites for hydroxylation is 1. The number of benzene rings is 2. The zero-order valence-electron chi connectivity index (χ0n) is 20.7. The zero-order valence-corrected chi connectivity index (χ0v) is 20.7. The highest BCUT2D eigenvalue weighted by molar-refractivity contribution is 5.90. The van der Waals surface area contributed by atoms with Crippen LogP contribution in [0.4, 0.5) is 29.3 Å². The van der Waals surface area contributed by atoms with Crippen LogP contribution in [0.3, 0.4) is 0 Å². The van der Waals surface area contributed by atoms with Crippen LogP contribution >= 0.6 is 0 Å². The summed E-state index contributed by atoms with van der Waals surface area (Å²) in [5, 5.41) is 7.85. The Morgan fingerprint density at radius 3 is 2.50 bits per heavy atom. The Hall–Kier alpha value is -2.94. The Morgan fingerprint density at radius 2 is 1.81 bits per heavy atom. The average Bonchev–Trinajstić information content (AvgIpc) is 3.51. The van der Waals surface area contributed by atoms with Gasteiger partial charge >= 0.3 is 6.18 Å². The van der Waals surface area contributed by atoms with E-state index in [1.807, 2.05) is 43.3 Å². The van der Waals surface area contributed by atoms with Crippen LogP contribution in [0.5, 0.6) is 0 Å². The second-order valence-electron chi connectivity index (χ2n) is 10.5. The van der Waals surface area contributed by atoms with Crippen molar-refractivity contribution in [2.45, 2.75) is 63.8 Å². The Kier molecular flexibility index (Phi) is 6.31. The highest BCUT2D eigenvalue weighted by Gasteiger charge is 2.54. The average molecular weight is 502 g/mol. The molecule has 2 aliphatic carbocycles. The van der Waals surface area contributed by atoms with Crippen LogP contribution in [-0.2, 0) is 12.7 Å². The first kappa shape index (κ1) is 24.7. The summed E-state index contributed by atoms with van der Waals surface area (Å²) in [6.45, 7) is 1.48. The smallest absolute Gasteiger partial charge is 0.362 e. The summed E-state index contributed by atoms with van der Waals surface area (Å²) in [5.74, 6) is 0.934. The second kappa shape index (κ2) is 9.18. The van der Waals surface area contributed by atoms with Gasteiger partial charge in [0.2, 0.25) is 5.95 Å². The lowest BCUT2D eigenvalue weighted by atomic mass is 9.83. The van der Waals surface area contributed by atoms with Crippen molar-refractivity contribution in [2.24, 2.45) is 5.41 Å². The molecule has 1 atom stereocenters. The van der Waals surface area contributed by atoms with Gasteiger partial charge < -0.3 is 15.5 Å². The van der Waals surface area contributed by atoms with E-state index in [-0.39, 0.29) is 35.2 Å². The van der Waals surface area contributed by atoms with Gasteiger partial charge in [-0.3, -0.25) is 0 Å². The molecule has 2 aromatic carbocycles. The normalized spacial score (nSPS) is 23.8. The molecule has 1 heterocycles. The van der Waals surface area contributed by atoms with Crippen LogP contribution in [0.1, 0.15) is 48.8 Å². The summed E-state index contributed by atoms with van der Waals surface area (Å²) in [6, 6.07) is 10.2. The molecule has 9 heteroatoms. The van der Waals surface area contributed by atoms with Crippen molar-refractivity contribution >= 4 is 22.7 Å². The predicted molar refractivity (Wildman–Crippen MR) is 134 cm³/mol. The highest BCUT2D eigenvalue weighted by Crippen LogP contribution is 2.56. The molecule has 1 spiro atoms. The number of nitrogens with one attached hydrogen (secondary N) is 2. The number of para-hydroxylation sites is 1. The summed E-state index contributed by atoms with van der Waals surface area (Å²) >= 11 is 0. The topological polar surface area (TPSA) is 53.1 Å². The van der Waals surface area contributed by atoms with E-state index < -0.39 is 17.6 Å². The number of anilines is 2. The third kappa shape index (κ3) is 4.85. The lowest BCUT2D eigenvalue weighted by Crippen LogP contribution is -2.32. The lowest BCUT2D eigenvalue weighted by Gasteiger charge is -2.30. The molecule has 36 heavy (non-hydrogen) atoms. The van der Waals surface area contributed by atoms with E-state index in [4.69, 9.17) is 9.97 Å². The van der Waals surface area contributed by atoms with Gasteiger partial charge in [0.15, 0.2) is 0 Å². The van der Waals surface area contributed by atoms with Gasteiger partial charge in [0, 0.05) is 43.7 Å². The Bertz CT molecular complexity index is 1260. The SMILES string of the molecule is Cc1cc(C(F)(F)F)cc(CN[C@@H]2CC23CCC(Nc2nc(N(C)C)c4ccccc4n2)CC3)c1F. The van der Waals surface area contributed by atoms with Crippen LogP contribution in [0.25, 0.3) is 10.9 Å². The monoisotopic (exact) mass is 501 g/mol. The third-order valence-electron chi connectivity index (χ3n) is 7.71. The molecule has 0 aliphatic heterocycles. The molecule has 0 radical (unpaired) electrons. The number of aromatic nitrogens is 2. The summed E-state index contributed by atoms with van der Waals surface area (Å²) in [5.41, 5.74) is 0.333. The van der Waals surface area contributed by atoms with Gasteiger partial charge in [-0.2, -0.15) is 18.2 Å². The molecule has 0 unspecified atom stereocenters. The molecule has 2 aliphatic rings. The molecule has 0 amide bonds. The first-order valence-corrected chi connectivity index (χ1v) is 12.4. The number of halogens is 4. The molecule has 5 nitrogen and oxygen atoms in total. The number of hydrogen-bond donors (Lipinski definition) is 2. The van der Waals surface area contributed by atoms with Gasteiger partial charge in [0.25, 0.3) is 0 Å². The van der Waals surface area contributed by atoms with Crippen LogP contribution in [0, 0.1) is 18.2 Å². The minimum Gasteiger partial charge on any atom is -0.362 e. The summed E-state index contributed by atoms with van der Waals surface area (Å²) < 4.78 is 53.9. The van der Waals surface area contributed by atoms with Crippen molar-refractivity contribution in [3.8, 4) is 0 Å². The molecule has 0 saturated heterocycles. The molecule has 2 fully saturated rings. The quantitative estimate of drug-likeness (QED) is 0.402. The molecular weight excluding hydrogens is 470 g/mol. The highest BCUT2D eigenvalue weighted by atomic mass is 19.4. The minimum absolute atomic E-state index is 0.0204. The summed E-state index contributed by atoms with van der Waals surface area (Å²) in [6.07, 6.45) is 0.407. The molecule has 2 saturated carbocycles. The molecule has 1 aromatic heterocycles. The Balaban J connectivity index is 1.19.